The Labute approximate surface area is 178 Å². The molecule has 154 valence electrons. The van der Waals surface area contributed by atoms with Crippen molar-refractivity contribution in [2.45, 2.75) is 6.42 Å². The van der Waals surface area contributed by atoms with E-state index in [2.05, 4.69) is 11.9 Å². The highest BCUT2D eigenvalue weighted by molar-refractivity contribution is 6.30. The number of allylic oxidation sites excluding steroid dienone is 1. The average molecular weight is 427 g/mol. The molecule has 2 aromatic carbocycles. The van der Waals surface area contributed by atoms with Gasteiger partial charge in [0.15, 0.2) is 18.1 Å². The second-order valence-corrected chi connectivity index (χ2v) is 6.45. The normalized spacial score (nSPS) is 10.6. The molecule has 0 aromatic heterocycles. The molecule has 0 aliphatic heterocycles. The highest BCUT2D eigenvalue weighted by Gasteiger charge is 2.15. The van der Waals surface area contributed by atoms with Crippen molar-refractivity contribution < 1.29 is 24.2 Å². The SMILES string of the molecule is C=CCc1cc(/C=C(/C#N)C(=O)Nc2ccc(Cl)cc2)cc(OC)c1OCC(=O)O. The number of methoxy groups -OCH3 is 1. The molecule has 0 saturated carbocycles. The van der Waals surface area contributed by atoms with Gasteiger partial charge in [-0.3, -0.25) is 4.79 Å². The topological polar surface area (TPSA) is 109 Å². The molecule has 0 aliphatic rings. The van der Waals surface area contributed by atoms with Gasteiger partial charge in [0.2, 0.25) is 0 Å². The van der Waals surface area contributed by atoms with E-state index in [0.717, 1.165) is 0 Å². The molecule has 0 radical (unpaired) electrons. The number of rotatable bonds is 9. The van der Waals surface area contributed by atoms with Crippen LogP contribution in [-0.2, 0) is 16.0 Å². The standard InChI is InChI=1S/C22H19ClN2O5/c1-3-4-15-9-14(11-19(29-2)21(15)30-13-20(26)27)10-16(12-24)22(28)25-18-7-5-17(23)6-8-18/h3,5-11H,1,4,13H2,2H3,(H,25,28)(H,26,27)/b16-10-. The Balaban J connectivity index is 2.38. The van der Waals surface area contributed by atoms with Gasteiger partial charge in [-0.25, -0.2) is 4.79 Å². The number of nitrogens with one attached hydrogen (secondary N) is 1. The van der Waals surface area contributed by atoms with Crippen LogP contribution < -0.4 is 14.8 Å². The van der Waals surface area contributed by atoms with Gasteiger partial charge in [-0.05, 0) is 54.5 Å². The summed E-state index contributed by atoms with van der Waals surface area (Å²) in [5, 5.41) is 21.5. The van der Waals surface area contributed by atoms with E-state index in [1.54, 1.807) is 42.5 Å². The van der Waals surface area contributed by atoms with Crippen molar-refractivity contribution in [3.8, 4) is 17.6 Å². The number of carboxylic acids is 1. The third-order valence-electron chi connectivity index (χ3n) is 3.86. The smallest absolute Gasteiger partial charge is 0.341 e. The summed E-state index contributed by atoms with van der Waals surface area (Å²) >= 11 is 5.83. The molecule has 30 heavy (non-hydrogen) atoms. The number of nitrogens with zero attached hydrogens (tertiary/aromatic N) is 1. The molecule has 7 nitrogen and oxygen atoms in total. The van der Waals surface area contributed by atoms with E-state index in [9.17, 15) is 14.9 Å². The molecule has 2 rings (SSSR count). The van der Waals surface area contributed by atoms with E-state index < -0.39 is 18.5 Å². The number of hydrogen-bond acceptors (Lipinski definition) is 5. The van der Waals surface area contributed by atoms with Crippen LogP contribution in [0.4, 0.5) is 5.69 Å². The first-order valence-corrected chi connectivity index (χ1v) is 9.10. The van der Waals surface area contributed by atoms with Gasteiger partial charge in [0.1, 0.15) is 11.6 Å². The molecule has 0 bridgehead atoms. The van der Waals surface area contributed by atoms with E-state index in [0.29, 0.717) is 28.3 Å². The average Bonchev–Trinajstić information content (AvgIpc) is 2.72. The lowest BCUT2D eigenvalue weighted by atomic mass is 10.0. The van der Waals surface area contributed by atoms with Crippen molar-refractivity contribution in [2.75, 3.05) is 19.0 Å². The van der Waals surface area contributed by atoms with Gasteiger partial charge in [0.25, 0.3) is 5.91 Å². The van der Waals surface area contributed by atoms with Gasteiger partial charge in [-0.1, -0.05) is 17.7 Å². The monoisotopic (exact) mass is 426 g/mol. The maximum atomic E-state index is 12.5. The third-order valence-corrected chi connectivity index (χ3v) is 4.11. The van der Waals surface area contributed by atoms with Crippen molar-refractivity contribution >= 4 is 35.2 Å². The van der Waals surface area contributed by atoms with E-state index in [4.69, 9.17) is 26.2 Å². The Hall–Kier alpha value is -3.76. The summed E-state index contributed by atoms with van der Waals surface area (Å²) in [6.07, 6.45) is 3.39. The van der Waals surface area contributed by atoms with Crippen LogP contribution in [0.2, 0.25) is 5.02 Å². The Kier molecular flexibility index (Phi) is 8.03. The van der Waals surface area contributed by atoms with Crippen LogP contribution in [0.5, 0.6) is 11.5 Å². The fourth-order valence-electron chi connectivity index (χ4n) is 2.57. The maximum absolute atomic E-state index is 12.5. The van der Waals surface area contributed by atoms with Crippen molar-refractivity contribution in [2.24, 2.45) is 0 Å². The molecule has 0 heterocycles. The Morgan fingerprint density at radius 2 is 2.00 bits per heavy atom. The lowest BCUT2D eigenvalue weighted by molar-refractivity contribution is -0.139. The zero-order valence-corrected chi connectivity index (χ0v) is 16.9. The number of aliphatic carboxylic acids is 1. The van der Waals surface area contributed by atoms with Crippen LogP contribution in [0.1, 0.15) is 11.1 Å². The van der Waals surface area contributed by atoms with Crippen molar-refractivity contribution in [1.82, 2.24) is 0 Å². The number of hydrogen-bond donors (Lipinski definition) is 2. The molecular weight excluding hydrogens is 408 g/mol. The first-order chi connectivity index (χ1) is 14.4. The first kappa shape index (κ1) is 22.5. The molecule has 0 spiro atoms. The summed E-state index contributed by atoms with van der Waals surface area (Å²) < 4.78 is 10.7. The van der Waals surface area contributed by atoms with Crippen LogP contribution in [0, 0.1) is 11.3 Å². The van der Waals surface area contributed by atoms with E-state index in [1.807, 2.05) is 6.07 Å². The molecule has 0 fully saturated rings. The summed E-state index contributed by atoms with van der Waals surface area (Å²) in [5.41, 5.74) is 1.48. The van der Waals surface area contributed by atoms with Crippen LogP contribution >= 0.6 is 11.6 Å². The number of benzene rings is 2. The van der Waals surface area contributed by atoms with E-state index in [-0.39, 0.29) is 17.1 Å². The number of carbonyl (C=O) groups is 2. The second kappa shape index (κ2) is 10.7. The molecule has 0 saturated heterocycles. The number of carbonyl (C=O) groups excluding carboxylic acids is 1. The molecular formula is C22H19ClN2O5. The largest absolute Gasteiger partial charge is 0.493 e. The quantitative estimate of drug-likeness (QED) is 0.355. The number of nitriles is 1. The van der Waals surface area contributed by atoms with Gasteiger partial charge < -0.3 is 19.9 Å². The van der Waals surface area contributed by atoms with Gasteiger partial charge >= 0.3 is 5.97 Å². The summed E-state index contributed by atoms with van der Waals surface area (Å²) in [6.45, 7) is 3.14. The highest BCUT2D eigenvalue weighted by atomic mass is 35.5. The van der Waals surface area contributed by atoms with Crippen LogP contribution in [0.3, 0.4) is 0 Å². The summed E-state index contributed by atoms with van der Waals surface area (Å²) in [6, 6.07) is 11.6. The van der Waals surface area contributed by atoms with Gasteiger partial charge in [-0.2, -0.15) is 5.26 Å². The van der Waals surface area contributed by atoms with Crippen molar-refractivity contribution in [3.63, 3.8) is 0 Å². The second-order valence-electron chi connectivity index (χ2n) is 6.02. The van der Waals surface area contributed by atoms with Crippen molar-refractivity contribution in [3.05, 3.63) is 70.8 Å². The van der Waals surface area contributed by atoms with Crippen molar-refractivity contribution in [1.29, 1.82) is 5.26 Å². The Bertz CT molecular complexity index is 1020. The van der Waals surface area contributed by atoms with Gasteiger partial charge in [0.05, 0.1) is 7.11 Å². The minimum absolute atomic E-state index is 0.129. The molecule has 0 unspecified atom stereocenters. The van der Waals surface area contributed by atoms with Crippen LogP contribution in [0.15, 0.2) is 54.6 Å². The minimum atomic E-state index is -1.13. The molecule has 0 aliphatic carbocycles. The molecule has 2 aromatic rings. The summed E-state index contributed by atoms with van der Waals surface area (Å²) in [4.78, 5) is 23.3. The first-order valence-electron chi connectivity index (χ1n) is 8.73. The molecule has 0 atom stereocenters. The molecule has 2 N–H and O–H groups in total. The predicted octanol–water partition coefficient (Wildman–Crippen LogP) is 4.09. The zero-order valence-electron chi connectivity index (χ0n) is 16.1. The lowest BCUT2D eigenvalue weighted by Gasteiger charge is -2.15. The van der Waals surface area contributed by atoms with Gasteiger partial charge in [0, 0.05) is 16.3 Å². The fourth-order valence-corrected chi connectivity index (χ4v) is 2.70. The van der Waals surface area contributed by atoms with E-state index in [1.165, 1.54) is 13.2 Å². The number of anilines is 1. The lowest BCUT2D eigenvalue weighted by Crippen LogP contribution is -2.13. The molecule has 8 heteroatoms. The Morgan fingerprint density at radius 1 is 1.30 bits per heavy atom. The van der Waals surface area contributed by atoms with Crippen LogP contribution in [0.25, 0.3) is 6.08 Å². The fraction of sp³-hybridized carbons (Fsp3) is 0.136. The summed E-state index contributed by atoms with van der Waals surface area (Å²) in [5.74, 6) is -1.18. The number of amides is 1. The molecule has 1 amide bonds. The highest BCUT2D eigenvalue weighted by Crippen LogP contribution is 2.34. The van der Waals surface area contributed by atoms with Crippen LogP contribution in [-0.4, -0.2) is 30.7 Å². The minimum Gasteiger partial charge on any atom is -0.493 e. The third kappa shape index (κ3) is 6.12. The number of ether oxygens (including phenoxy) is 2. The van der Waals surface area contributed by atoms with Gasteiger partial charge in [-0.15, -0.1) is 6.58 Å². The zero-order chi connectivity index (χ0) is 22.1. The number of carboxylic acid groups (broad SMARTS) is 1. The summed E-state index contributed by atoms with van der Waals surface area (Å²) in [7, 11) is 1.41. The van der Waals surface area contributed by atoms with E-state index >= 15 is 0 Å². The predicted molar refractivity (Wildman–Crippen MR) is 114 cm³/mol. The maximum Gasteiger partial charge on any atom is 0.341 e. The number of halogens is 1. The Morgan fingerprint density at radius 3 is 2.57 bits per heavy atom.